The van der Waals surface area contributed by atoms with Crippen LogP contribution in [0.5, 0.6) is 0 Å². The predicted molar refractivity (Wildman–Crippen MR) is 119 cm³/mol. The minimum absolute atomic E-state index is 0.170. The second-order valence-electron chi connectivity index (χ2n) is 7.03. The van der Waals surface area contributed by atoms with Gasteiger partial charge in [0.05, 0.1) is 0 Å². The number of aryl methyl sites for hydroxylation is 1. The molecular weight excluding hydrogens is 449 g/mol. The predicted octanol–water partition coefficient (Wildman–Crippen LogP) is 2.89. The quantitative estimate of drug-likeness (QED) is 0.402. The fourth-order valence-corrected chi connectivity index (χ4v) is 5.27. The number of aromatic nitrogens is 6. The number of hydrogen-bond donors (Lipinski definition) is 1. The first-order valence-corrected chi connectivity index (χ1v) is 12.0. The first-order chi connectivity index (χ1) is 15.2. The van der Waals surface area contributed by atoms with Crippen LogP contribution in [0.3, 0.4) is 0 Å². The Morgan fingerprint density at radius 2 is 2.00 bits per heavy atom. The van der Waals surface area contributed by atoms with Gasteiger partial charge in [-0.3, -0.25) is 0 Å². The number of H-pyrrole nitrogens is 1. The Labute approximate surface area is 185 Å². The zero-order chi connectivity index (χ0) is 21.2. The summed E-state index contributed by atoms with van der Waals surface area (Å²) < 4.78 is 2.95. The van der Waals surface area contributed by atoms with E-state index in [2.05, 4.69) is 27.2 Å². The van der Waals surface area contributed by atoms with Crippen LogP contribution in [0.15, 0.2) is 67.1 Å². The number of nitriles is 1. The van der Waals surface area contributed by atoms with E-state index in [4.69, 9.17) is 15.2 Å². The molecule has 8 heteroatoms. The Hall–Kier alpha value is -3.75. The van der Waals surface area contributed by atoms with Crippen molar-refractivity contribution < 1.29 is 0 Å². The fraction of sp³-hybridized carbons (Fsp3) is 0.0870. The molecule has 31 heavy (non-hydrogen) atoms. The van der Waals surface area contributed by atoms with Crippen LogP contribution in [0.25, 0.3) is 28.3 Å². The van der Waals surface area contributed by atoms with E-state index in [0.717, 1.165) is 45.0 Å². The summed E-state index contributed by atoms with van der Waals surface area (Å²) in [4.78, 5) is 17.4. The Balaban J connectivity index is 1.54. The van der Waals surface area contributed by atoms with Crippen molar-refractivity contribution in [2.75, 3.05) is 0 Å². The van der Waals surface area contributed by atoms with Crippen LogP contribution < -0.4 is 4.35 Å². The molecule has 4 aromatic heterocycles. The monoisotopic (exact) mass is 466 g/mol. The third kappa shape index (κ3) is 3.98. The maximum atomic E-state index is 9.14. The van der Waals surface area contributed by atoms with Crippen LogP contribution in [-0.2, 0) is 5.21 Å². The van der Waals surface area contributed by atoms with Gasteiger partial charge in [0.25, 0.3) is 0 Å². The first-order valence-electron chi connectivity index (χ1n) is 9.70. The van der Waals surface area contributed by atoms with Gasteiger partial charge in [0, 0.05) is 0 Å². The van der Waals surface area contributed by atoms with Gasteiger partial charge in [-0.05, 0) is 0 Å². The van der Waals surface area contributed by atoms with Gasteiger partial charge < -0.3 is 0 Å². The molecule has 0 saturated heterocycles. The average Bonchev–Trinajstić information content (AvgIpc) is 3.44. The minimum atomic E-state index is -0.170. The van der Waals surface area contributed by atoms with Gasteiger partial charge in [-0.15, -0.1) is 0 Å². The van der Waals surface area contributed by atoms with Crippen molar-refractivity contribution in [2.24, 2.45) is 0 Å². The van der Waals surface area contributed by atoms with E-state index in [1.165, 1.54) is 10.7 Å². The third-order valence-corrected chi connectivity index (χ3v) is 7.14. The Morgan fingerprint density at radius 3 is 2.87 bits per heavy atom. The van der Waals surface area contributed by atoms with Crippen molar-refractivity contribution in [3.05, 3.63) is 84.2 Å². The number of imidazole rings is 1. The van der Waals surface area contributed by atoms with Gasteiger partial charge in [-0.1, -0.05) is 0 Å². The number of pyridine rings is 2. The number of hydrogen-bond acceptors (Lipinski definition) is 5. The van der Waals surface area contributed by atoms with Crippen LogP contribution in [0, 0.1) is 18.3 Å². The van der Waals surface area contributed by atoms with Gasteiger partial charge >= 0.3 is 186 Å². The van der Waals surface area contributed by atoms with Crippen molar-refractivity contribution in [2.45, 2.75) is 12.1 Å². The second kappa shape index (κ2) is 8.17. The molecule has 149 valence electrons. The Bertz CT molecular complexity index is 1430. The molecule has 0 aliphatic carbocycles. The molecule has 1 radical (unpaired) electrons. The van der Waals surface area contributed by atoms with E-state index >= 15 is 0 Å². The van der Waals surface area contributed by atoms with Crippen molar-refractivity contribution in [1.29, 1.82) is 5.26 Å². The molecule has 0 unspecified atom stereocenters. The molecular formula is C23H17AsN7. The van der Waals surface area contributed by atoms with E-state index in [1.807, 2.05) is 61.7 Å². The average molecular weight is 466 g/mol. The molecule has 0 amide bonds. The maximum absolute atomic E-state index is 9.14. The molecule has 0 spiro atoms. The fourth-order valence-electron chi connectivity index (χ4n) is 3.37. The molecule has 0 bridgehead atoms. The number of nitrogens with one attached hydrogen (secondary N) is 1. The summed E-state index contributed by atoms with van der Waals surface area (Å²) >= 11 is -0.170. The Kier molecular flexibility index (Phi) is 5.07. The normalized spacial score (nSPS) is 11.4. The SMILES string of the molecule is Cc1cccc(-c2[nH]c(C[As]c3cccc(C#N)c3)nc2-c2ccc3ncnn3c2)n1. The summed E-state index contributed by atoms with van der Waals surface area (Å²) in [6, 6.07) is 19.9. The third-order valence-electron chi connectivity index (χ3n) is 4.83. The zero-order valence-corrected chi connectivity index (χ0v) is 18.6. The number of aromatic amines is 1. The number of benzene rings is 1. The van der Waals surface area contributed by atoms with Gasteiger partial charge in [0.15, 0.2) is 0 Å². The van der Waals surface area contributed by atoms with Crippen LogP contribution >= 0.6 is 0 Å². The number of rotatable bonds is 5. The molecule has 0 saturated carbocycles. The molecule has 0 atom stereocenters. The molecule has 0 aliphatic heterocycles. The van der Waals surface area contributed by atoms with E-state index in [1.54, 1.807) is 4.52 Å². The number of nitrogens with zero attached hydrogens (tertiary/aromatic N) is 6. The first kappa shape index (κ1) is 19.2. The number of fused-ring (bicyclic) bond motifs is 1. The van der Waals surface area contributed by atoms with Gasteiger partial charge in [0.1, 0.15) is 0 Å². The molecule has 1 N–H and O–H groups in total. The van der Waals surface area contributed by atoms with Gasteiger partial charge in [0.2, 0.25) is 0 Å². The van der Waals surface area contributed by atoms with Crippen molar-refractivity contribution >= 4 is 25.8 Å². The topological polar surface area (TPSA) is 95.5 Å². The molecule has 4 heterocycles. The molecule has 5 rings (SSSR count). The second-order valence-corrected chi connectivity index (χ2v) is 9.44. The summed E-state index contributed by atoms with van der Waals surface area (Å²) in [7, 11) is 0. The standard InChI is InChI=1S/C23H17AsN7/c1-15-4-2-7-19(28-15)23-22(17-8-9-21-26-14-27-31(21)13-17)29-20(30-23)11-24-18-6-3-5-16(10-18)12-25/h2-10,13-14H,11H2,1H3,(H,29,30). The van der Waals surface area contributed by atoms with E-state index in [9.17, 15) is 0 Å². The molecule has 0 aliphatic rings. The summed E-state index contributed by atoms with van der Waals surface area (Å²) in [5.41, 5.74) is 5.97. The van der Waals surface area contributed by atoms with E-state index < -0.39 is 0 Å². The van der Waals surface area contributed by atoms with Crippen LogP contribution in [0.1, 0.15) is 17.1 Å². The molecule has 0 fully saturated rings. The molecule has 5 aromatic rings. The molecule has 1 aromatic carbocycles. The summed E-state index contributed by atoms with van der Waals surface area (Å²) in [6.07, 6.45) is 3.48. The van der Waals surface area contributed by atoms with Crippen molar-refractivity contribution in [3.63, 3.8) is 0 Å². The van der Waals surface area contributed by atoms with Crippen LogP contribution in [-0.4, -0.2) is 45.3 Å². The zero-order valence-electron chi connectivity index (χ0n) is 16.7. The van der Waals surface area contributed by atoms with Crippen LogP contribution in [0.2, 0.25) is 0 Å². The van der Waals surface area contributed by atoms with E-state index in [-0.39, 0.29) is 15.8 Å². The van der Waals surface area contributed by atoms with Crippen LogP contribution in [0.4, 0.5) is 0 Å². The van der Waals surface area contributed by atoms with Gasteiger partial charge in [-0.2, -0.15) is 0 Å². The summed E-state index contributed by atoms with van der Waals surface area (Å²) in [5, 5.41) is 14.2. The van der Waals surface area contributed by atoms with Gasteiger partial charge in [-0.25, -0.2) is 0 Å². The van der Waals surface area contributed by atoms with Crippen molar-refractivity contribution in [3.8, 4) is 28.7 Å². The van der Waals surface area contributed by atoms with E-state index in [0.29, 0.717) is 5.56 Å². The summed E-state index contributed by atoms with van der Waals surface area (Å²) in [6.45, 7) is 1.98. The van der Waals surface area contributed by atoms with Crippen molar-refractivity contribution in [1.82, 2.24) is 29.5 Å². The Morgan fingerprint density at radius 1 is 1.10 bits per heavy atom. The summed E-state index contributed by atoms with van der Waals surface area (Å²) in [5.74, 6) is 0.911. The molecule has 7 nitrogen and oxygen atoms in total.